The summed E-state index contributed by atoms with van der Waals surface area (Å²) in [5.74, 6) is 0.382. The third-order valence-corrected chi connectivity index (χ3v) is 5.13. The molecule has 1 heterocycles. The molecule has 21 heavy (non-hydrogen) atoms. The highest BCUT2D eigenvalue weighted by Crippen LogP contribution is 2.21. The maximum Gasteiger partial charge on any atom is 0.242 e. The van der Waals surface area contributed by atoms with E-state index in [1.807, 2.05) is 0 Å². The minimum absolute atomic E-state index is 0.0865. The Kier molecular flexibility index (Phi) is 5.33. The van der Waals surface area contributed by atoms with E-state index in [1.54, 1.807) is 18.2 Å². The maximum absolute atomic E-state index is 12.0. The number of benzene rings is 1. The van der Waals surface area contributed by atoms with Crippen LogP contribution in [0.25, 0.3) is 0 Å². The number of amides is 1. The van der Waals surface area contributed by atoms with Gasteiger partial charge in [-0.25, -0.2) is 13.1 Å². The molecule has 2 rings (SSSR count). The standard InChI is InChI=1S/C14H21N3O3S/c1-15-21(19,20)13-5-3-2-4-12(13)17-14(18)7-6-11-8-9-16-10-11/h2-5,11,15-16H,6-10H2,1H3,(H,17,18). The number of carbonyl (C=O) groups excluding carboxylic acids is 1. The van der Waals surface area contributed by atoms with Gasteiger partial charge in [-0.3, -0.25) is 4.79 Å². The molecule has 0 saturated carbocycles. The van der Waals surface area contributed by atoms with Gasteiger partial charge in [0.25, 0.3) is 0 Å². The van der Waals surface area contributed by atoms with E-state index in [4.69, 9.17) is 0 Å². The van der Waals surface area contributed by atoms with Crippen LogP contribution in [0.15, 0.2) is 29.2 Å². The van der Waals surface area contributed by atoms with Gasteiger partial charge >= 0.3 is 0 Å². The smallest absolute Gasteiger partial charge is 0.242 e. The predicted molar refractivity (Wildman–Crippen MR) is 81.5 cm³/mol. The molecular weight excluding hydrogens is 290 g/mol. The first-order valence-electron chi connectivity index (χ1n) is 7.06. The molecule has 1 aliphatic heterocycles. The molecule has 116 valence electrons. The molecule has 0 aromatic heterocycles. The Morgan fingerprint density at radius 3 is 2.81 bits per heavy atom. The Bertz CT molecular complexity index is 595. The van der Waals surface area contributed by atoms with Gasteiger partial charge in [-0.2, -0.15) is 0 Å². The molecule has 0 spiro atoms. The zero-order valence-electron chi connectivity index (χ0n) is 12.1. The number of rotatable bonds is 6. The summed E-state index contributed by atoms with van der Waals surface area (Å²) in [5.41, 5.74) is 0.321. The van der Waals surface area contributed by atoms with Crippen LogP contribution in [0.1, 0.15) is 19.3 Å². The summed E-state index contributed by atoms with van der Waals surface area (Å²) in [4.78, 5) is 12.1. The quantitative estimate of drug-likeness (QED) is 0.729. The molecule has 0 radical (unpaired) electrons. The average molecular weight is 311 g/mol. The second-order valence-electron chi connectivity index (χ2n) is 5.15. The molecular formula is C14H21N3O3S. The first-order chi connectivity index (χ1) is 10.0. The van der Waals surface area contributed by atoms with Crippen molar-refractivity contribution in [2.75, 3.05) is 25.5 Å². The fourth-order valence-electron chi connectivity index (χ4n) is 2.42. The monoisotopic (exact) mass is 311 g/mol. The summed E-state index contributed by atoms with van der Waals surface area (Å²) in [5, 5.41) is 5.96. The zero-order valence-corrected chi connectivity index (χ0v) is 12.9. The molecule has 1 unspecified atom stereocenters. The molecule has 0 aliphatic carbocycles. The minimum atomic E-state index is -3.58. The van der Waals surface area contributed by atoms with Crippen molar-refractivity contribution in [2.24, 2.45) is 5.92 Å². The third-order valence-electron chi connectivity index (χ3n) is 3.66. The van der Waals surface area contributed by atoms with Crippen molar-refractivity contribution in [1.82, 2.24) is 10.0 Å². The second-order valence-corrected chi connectivity index (χ2v) is 7.00. The van der Waals surface area contributed by atoms with Crippen LogP contribution in [0, 0.1) is 5.92 Å². The Morgan fingerprint density at radius 1 is 1.38 bits per heavy atom. The minimum Gasteiger partial charge on any atom is -0.325 e. The Balaban J connectivity index is 2.00. The summed E-state index contributed by atoms with van der Waals surface area (Å²) in [7, 11) is -2.23. The highest BCUT2D eigenvalue weighted by Gasteiger charge is 2.19. The van der Waals surface area contributed by atoms with Gasteiger partial charge in [-0.05, 0) is 51.0 Å². The second kappa shape index (κ2) is 7.02. The highest BCUT2D eigenvalue weighted by molar-refractivity contribution is 7.89. The molecule has 1 aromatic rings. The number of hydrogen-bond donors (Lipinski definition) is 3. The van der Waals surface area contributed by atoms with Gasteiger partial charge in [0.2, 0.25) is 15.9 Å². The average Bonchev–Trinajstić information content (AvgIpc) is 2.99. The van der Waals surface area contributed by atoms with Crippen LogP contribution in [0.4, 0.5) is 5.69 Å². The number of sulfonamides is 1. The summed E-state index contributed by atoms with van der Waals surface area (Å²) < 4.78 is 26.1. The topological polar surface area (TPSA) is 87.3 Å². The predicted octanol–water partition coefficient (Wildman–Crippen LogP) is 0.923. The molecule has 1 atom stereocenters. The SMILES string of the molecule is CNS(=O)(=O)c1ccccc1NC(=O)CCC1CCNC1. The molecule has 3 N–H and O–H groups in total. The molecule has 6 nitrogen and oxygen atoms in total. The van der Waals surface area contributed by atoms with E-state index in [0.29, 0.717) is 18.0 Å². The highest BCUT2D eigenvalue weighted by atomic mass is 32.2. The molecule has 7 heteroatoms. The molecule has 0 bridgehead atoms. The zero-order chi connectivity index (χ0) is 15.3. The molecule has 1 saturated heterocycles. The van der Waals surface area contributed by atoms with E-state index in [-0.39, 0.29) is 10.8 Å². The van der Waals surface area contributed by atoms with E-state index in [1.165, 1.54) is 13.1 Å². The van der Waals surface area contributed by atoms with Gasteiger partial charge in [0, 0.05) is 6.42 Å². The van der Waals surface area contributed by atoms with Crippen molar-refractivity contribution in [1.29, 1.82) is 0 Å². The number of anilines is 1. The lowest BCUT2D eigenvalue weighted by atomic mass is 10.0. The Morgan fingerprint density at radius 2 is 2.14 bits per heavy atom. The summed E-state index contributed by atoms with van der Waals surface area (Å²) >= 11 is 0. The molecule has 1 aromatic carbocycles. The van der Waals surface area contributed by atoms with Crippen molar-refractivity contribution in [3.05, 3.63) is 24.3 Å². The largest absolute Gasteiger partial charge is 0.325 e. The van der Waals surface area contributed by atoms with E-state index < -0.39 is 10.0 Å². The Hall–Kier alpha value is -1.44. The van der Waals surface area contributed by atoms with Crippen molar-refractivity contribution in [2.45, 2.75) is 24.2 Å². The normalized spacial score (nSPS) is 18.6. The summed E-state index contributed by atoms with van der Waals surface area (Å²) in [6.45, 7) is 1.97. The van der Waals surface area contributed by atoms with Crippen LogP contribution in [0.3, 0.4) is 0 Å². The van der Waals surface area contributed by atoms with Gasteiger partial charge < -0.3 is 10.6 Å². The third kappa shape index (κ3) is 4.26. The van der Waals surface area contributed by atoms with Crippen molar-refractivity contribution in [3.63, 3.8) is 0 Å². The number of hydrogen-bond acceptors (Lipinski definition) is 4. The Labute approximate surface area is 125 Å². The van der Waals surface area contributed by atoms with Crippen LogP contribution in [-0.4, -0.2) is 34.5 Å². The van der Waals surface area contributed by atoms with E-state index >= 15 is 0 Å². The molecule has 1 aliphatic rings. The fourth-order valence-corrected chi connectivity index (χ4v) is 3.31. The van der Waals surface area contributed by atoms with Gasteiger partial charge in [-0.15, -0.1) is 0 Å². The van der Waals surface area contributed by atoms with E-state index in [0.717, 1.165) is 25.9 Å². The van der Waals surface area contributed by atoms with Gasteiger partial charge in [0.15, 0.2) is 0 Å². The number of carbonyl (C=O) groups is 1. The van der Waals surface area contributed by atoms with Gasteiger partial charge in [0.1, 0.15) is 4.90 Å². The lowest BCUT2D eigenvalue weighted by Gasteiger charge is -2.12. The lowest BCUT2D eigenvalue weighted by Crippen LogP contribution is -2.22. The summed E-state index contributed by atoms with van der Waals surface area (Å²) in [6, 6.07) is 6.40. The van der Waals surface area contributed by atoms with E-state index in [9.17, 15) is 13.2 Å². The fraction of sp³-hybridized carbons (Fsp3) is 0.500. The van der Waals surface area contributed by atoms with Crippen LogP contribution in [0.2, 0.25) is 0 Å². The number of para-hydroxylation sites is 1. The van der Waals surface area contributed by atoms with Crippen LogP contribution in [0.5, 0.6) is 0 Å². The molecule has 1 fully saturated rings. The van der Waals surface area contributed by atoms with Crippen molar-refractivity contribution in [3.8, 4) is 0 Å². The maximum atomic E-state index is 12.0. The van der Waals surface area contributed by atoms with Crippen LogP contribution < -0.4 is 15.4 Å². The first-order valence-corrected chi connectivity index (χ1v) is 8.54. The number of nitrogens with one attached hydrogen (secondary N) is 3. The van der Waals surface area contributed by atoms with Crippen LogP contribution in [-0.2, 0) is 14.8 Å². The summed E-state index contributed by atoms with van der Waals surface area (Å²) in [6.07, 6.45) is 2.32. The van der Waals surface area contributed by atoms with Crippen molar-refractivity contribution >= 4 is 21.6 Å². The van der Waals surface area contributed by atoms with Crippen molar-refractivity contribution < 1.29 is 13.2 Å². The van der Waals surface area contributed by atoms with Gasteiger partial charge in [-0.1, -0.05) is 12.1 Å². The van der Waals surface area contributed by atoms with Crippen LogP contribution >= 0.6 is 0 Å². The first kappa shape index (κ1) is 15.9. The van der Waals surface area contributed by atoms with E-state index in [2.05, 4.69) is 15.4 Å². The van der Waals surface area contributed by atoms with Gasteiger partial charge in [0.05, 0.1) is 5.69 Å². The lowest BCUT2D eigenvalue weighted by molar-refractivity contribution is -0.116. The molecule has 1 amide bonds.